The summed E-state index contributed by atoms with van der Waals surface area (Å²) in [7, 11) is 0. The van der Waals surface area contributed by atoms with Gasteiger partial charge in [-0.2, -0.15) is 0 Å². The molecule has 1 atom stereocenters. The van der Waals surface area contributed by atoms with Crippen molar-refractivity contribution >= 4 is 29.1 Å². The molecule has 0 radical (unpaired) electrons. The maximum absolute atomic E-state index is 12.1. The van der Waals surface area contributed by atoms with Crippen molar-refractivity contribution in [3.8, 4) is 0 Å². The Morgan fingerprint density at radius 2 is 2.23 bits per heavy atom. The summed E-state index contributed by atoms with van der Waals surface area (Å²) in [5.41, 5.74) is 1.55. The zero-order valence-corrected chi connectivity index (χ0v) is 13.7. The maximum Gasteiger partial charge on any atom is 0.240 e. The molecule has 1 aliphatic rings. The summed E-state index contributed by atoms with van der Waals surface area (Å²) in [6.45, 7) is 4.54. The van der Waals surface area contributed by atoms with E-state index in [-0.39, 0.29) is 24.5 Å². The summed E-state index contributed by atoms with van der Waals surface area (Å²) >= 11 is 5.93. The van der Waals surface area contributed by atoms with E-state index in [1.165, 1.54) is 11.8 Å². The molecule has 120 valence electrons. The van der Waals surface area contributed by atoms with Gasteiger partial charge in [0, 0.05) is 30.8 Å². The predicted molar refractivity (Wildman–Crippen MR) is 86.2 cm³/mol. The van der Waals surface area contributed by atoms with Gasteiger partial charge in [0.05, 0.1) is 6.10 Å². The SMILES string of the molecule is CC(=O)N(CC(=O)NCC1CCCO1)c1ccc(Cl)cc1C. The Morgan fingerprint density at radius 3 is 2.82 bits per heavy atom. The molecule has 0 aliphatic carbocycles. The Balaban J connectivity index is 1.98. The summed E-state index contributed by atoms with van der Waals surface area (Å²) in [4.78, 5) is 25.4. The molecule has 1 aromatic carbocycles. The number of anilines is 1. The molecular weight excluding hydrogens is 304 g/mol. The first-order valence-corrected chi connectivity index (χ1v) is 7.77. The van der Waals surface area contributed by atoms with Crippen LogP contribution in [0.1, 0.15) is 25.3 Å². The van der Waals surface area contributed by atoms with E-state index in [4.69, 9.17) is 16.3 Å². The van der Waals surface area contributed by atoms with E-state index in [9.17, 15) is 9.59 Å². The highest BCUT2D eigenvalue weighted by atomic mass is 35.5. The number of nitrogens with one attached hydrogen (secondary N) is 1. The van der Waals surface area contributed by atoms with Crippen LogP contribution in [0.3, 0.4) is 0 Å². The van der Waals surface area contributed by atoms with Crippen LogP contribution in [0.5, 0.6) is 0 Å². The van der Waals surface area contributed by atoms with Gasteiger partial charge in [-0.1, -0.05) is 11.6 Å². The number of benzene rings is 1. The third-order valence-corrected chi connectivity index (χ3v) is 3.92. The molecule has 2 amide bonds. The van der Waals surface area contributed by atoms with Gasteiger partial charge in [-0.3, -0.25) is 9.59 Å². The van der Waals surface area contributed by atoms with Crippen LogP contribution in [0.2, 0.25) is 5.02 Å². The number of hydrogen-bond donors (Lipinski definition) is 1. The van der Waals surface area contributed by atoms with Crippen molar-refractivity contribution in [3.05, 3.63) is 28.8 Å². The zero-order chi connectivity index (χ0) is 16.1. The highest BCUT2D eigenvalue weighted by molar-refractivity contribution is 6.30. The quantitative estimate of drug-likeness (QED) is 0.904. The van der Waals surface area contributed by atoms with Gasteiger partial charge in [-0.05, 0) is 43.5 Å². The number of hydrogen-bond acceptors (Lipinski definition) is 3. The molecule has 1 unspecified atom stereocenters. The van der Waals surface area contributed by atoms with Gasteiger partial charge < -0.3 is 15.0 Å². The number of nitrogens with zero attached hydrogens (tertiary/aromatic N) is 1. The molecule has 0 spiro atoms. The second-order valence-electron chi connectivity index (χ2n) is 5.48. The molecule has 0 saturated carbocycles. The van der Waals surface area contributed by atoms with Crippen molar-refractivity contribution in [3.63, 3.8) is 0 Å². The number of rotatable bonds is 5. The first-order valence-electron chi connectivity index (χ1n) is 7.40. The predicted octanol–water partition coefficient (Wildman–Crippen LogP) is 2.30. The smallest absolute Gasteiger partial charge is 0.240 e. The topological polar surface area (TPSA) is 58.6 Å². The first-order chi connectivity index (χ1) is 10.5. The lowest BCUT2D eigenvalue weighted by molar-refractivity contribution is -0.123. The highest BCUT2D eigenvalue weighted by Crippen LogP contribution is 2.23. The summed E-state index contributed by atoms with van der Waals surface area (Å²) < 4.78 is 5.46. The van der Waals surface area contributed by atoms with Crippen molar-refractivity contribution in [1.82, 2.24) is 5.32 Å². The fraction of sp³-hybridized carbons (Fsp3) is 0.500. The average Bonchev–Trinajstić information content (AvgIpc) is 2.96. The van der Waals surface area contributed by atoms with E-state index >= 15 is 0 Å². The first kappa shape index (κ1) is 16.8. The van der Waals surface area contributed by atoms with Gasteiger partial charge in [0.25, 0.3) is 0 Å². The second kappa shape index (κ2) is 7.61. The minimum absolute atomic E-state index is 0.00940. The van der Waals surface area contributed by atoms with Gasteiger partial charge in [0.1, 0.15) is 6.54 Å². The third-order valence-electron chi connectivity index (χ3n) is 3.68. The average molecular weight is 325 g/mol. The van der Waals surface area contributed by atoms with E-state index < -0.39 is 0 Å². The monoisotopic (exact) mass is 324 g/mol. The Kier molecular flexibility index (Phi) is 5.80. The summed E-state index contributed by atoms with van der Waals surface area (Å²) in [6.07, 6.45) is 2.09. The second-order valence-corrected chi connectivity index (χ2v) is 5.91. The van der Waals surface area contributed by atoms with Crippen molar-refractivity contribution < 1.29 is 14.3 Å². The van der Waals surface area contributed by atoms with Crippen molar-refractivity contribution in [2.45, 2.75) is 32.8 Å². The summed E-state index contributed by atoms with van der Waals surface area (Å²) in [6, 6.07) is 5.24. The molecule has 1 aromatic rings. The van der Waals surface area contributed by atoms with Gasteiger partial charge in [-0.25, -0.2) is 0 Å². The van der Waals surface area contributed by atoms with Gasteiger partial charge in [0.2, 0.25) is 11.8 Å². The van der Waals surface area contributed by atoms with Crippen LogP contribution in [0, 0.1) is 6.92 Å². The molecule has 0 bridgehead atoms. The van der Waals surface area contributed by atoms with E-state index in [1.807, 2.05) is 6.92 Å². The maximum atomic E-state index is 12.1. The number of amides is 2. The lowest BCUT2D eigenvalue weighted by Crippen LogP contribution is -2.42. The van der Waals surface area contributed by atoms with Crippen LogP contribution in [0.15, 0.2) is 18.2 Å². The molecule has 1 aliphatic heterocycles. The minimum Gasteiger partial charge on any atom is -0.376 e. The minimum atomic E-state index is -0.194. The van der Waals surface area contributed by atoms with E-state index in [0.717, 1.165) is 25.0 Å². The number of aryl methyl sites for hydroxylation is 1. The van der Waals surface area contributed by atoms with E-state index in [1.54, 1.807) is 18.2 Å². The van der Waals surface area contributed by atoms with Crippen LogP contribution < -0.4 is 10.2 Å². The van der Waals surface area contributed by atoms with E-state index in [0.29, 0.717) is 17.3 Å². The van der Waals surface area contributed by atoms with Gasteiger partial charge >= 0.3 is 0 Å². The Hall–Kier alpha value is -1.59. The van der Waals surface area contributed by atoms with Crippen LogP contribution in [0.25, 0.3) is 0 Å². The molecule has 1 heterocycles. The number of carbonyl (C=O) groups is 2. The fourth-order valence-electron chi connectivity index (χ4n) is 2.52. The fourth-order valence-corrected chi connectivity index (χ4v) is 2.75. The molecule has 5 nitrogen and oxygen atoms in total. The summed E-state index contributed by atoms with van der Waals surface area (Å²) in [5, 5.41) is 3.43. The Morgan fingerprint density at radius 1 is 1.45 bits per heavy atom. The van der Waals surface area contributed by atoms with Crippen LogP contribution in [0.4, 0.5) is 5.69 Å². The molecule has 1 saturated heterocycles. The van der Waals surface area contributed by atoms with Crippen LogP contribution in [-0.4, -0.2) is 37.6 Å². The third kappa shape index (κ3) is 4.45. The largest absolute Gasteiger partial charge is 0.376 e. The molecule has 6 heteroatoms. The molecule has 0 aromatic heterocycles. The van der Waals surface area contributed by atoms with Gasteiger partial charge in [-0.15, -0.1) is 0 Å². The molecule has 2 rings (SSSR count). The summed E-state index contributed by atoms with van der Waals surface area (Å²) in [5.74, 6) is -0.377. The lowest BCUT2D eigenvalue weighted by atomic mass is 10.1. The molecule has 1 N–H and O–H groups in total. The highest BCUT2D eigenvalue weighted by Gasteiger charge is 2.20. The lowest BCUT2D eigenvalue weighted by Gasteiger charge is -2.23. The van der Waals surface area contributed by atoms with E-state index in [2.05, 4.69) is 5.32 Å². The number of ether oxygens (including phenoxy) is 1. The zero-order valence-electron chi connectivity index (χ0n) is 12.9. The van der Waals surface area contributed by atoms with Crippen LogP contribution in [-0.2, 0) is 14.3 Å². The van der Waals surface area contributed by atoms with Crippen molar-refractivity contribution in [1.29, 1.82) is 0 Å². The Labute approximate surface area is 135 Å². The van der Waals surface area contributed by atoms with Crippen LogP contribution >= 0.6 is 11.6 Å². The molecular formula is C16H21ClN2O3. The normalized spacial score (nSPS) is 17.3. The van der Waals surface area contributed by atoms with Crippen molar-refractivity contribution in [2.24, 2.45) is 0 Å². The molecule has 1 fully saturated rings. The van der Waals surface area contributed by atoms with Crippen molar-refractivity contribution in [2.75, 3.05) is 24.6 Å². The standard InChI is InChI=1S/C16H21ClN2O3/c1-11-8-13(17)5-6-15(11)19(12(2)20)10-16(21)18-9-14-4-3-7-22-14/h5-6,8,14H,3-4,7,9-10H2,1-2H3,(H,18,21). The number of halogens is 1. The van der Waals surface area contributed by atoms with Gasteiger partial charge in [0.15, 0.2) is 0 Å². The Bertz CT molecular complexity index is 556. The number of carbonyl (C=O) groups excluding carboxylic acids is 2. The molecule has 22 heavy (non-hydrogen) atoms.